The number of aromatic nitrogens is 6. The smallest absolute Gasteiger partial charge is 0.298 e. The Hall–Kier alpha value is -3.47. The van der Waals surface area contributed by atoms with Gasteiger partial charge >= 0.3 is 0 Å². The number of nitrogens with zero attached hydrogens (tertiary/aromatic N) is 8. The Morgan fingerprint density at radius 1 is 0.740 bits per heavy atom. The standard InChI is InChI=1S/C23H34N6O2S.C20H29ClN4O3SSi.C9H20N2/c1-3-28(4-2)14-16-11-12-29(15-16)32(30,31)23-25-22(26-27-23)24-21-19-9-5-7-17(19)13-18-8-6-10-20(18)21;1-30(2,3)11-10-28-13-25-19(23-20(24-25)29(21,26)27)22-18-16-8-4-6-14(16)12-15-7-5-9-17(15)18;1-3-11(4-2)8-9-5-6-10-7-9/h13,16H,3-12,14-15H2,1-2H3,(H2,24,25,26,27);12H,4-11,13H2,1-3H3,(H,22,23,24);9-10H,3-8H2,1-2H3/t16-;;9-/m1.0/s1. The second-order valence-corrected chi connectivity index (χ2v) is 32.0. The number of sulfonamides is 1. The molecule has 4 aromatic rings. The van der Waals surface area contributed by atoms with Crippen LogP contribution in [0.15, 0.2) is 22.4 Å². The van der Waals surface area contributed by atoms with Gasteiger partial charge in [-0.2, -0.15) is 14.3 Å². The van der Waals surface area contributed by atoms with E-state index in [9.17, 15) is 16.8 Å². The molecule has 2 atom stereocenters. The molecule has 73 heavy (non-hydrogen) atoms. The van der Waals surface area contributed by atoms with E-state index in [0.29, 0.717) is 37.5 Å². The van der Waals surface area contributed by atoms with Gasteiger partial charge in [-0.25, -0.2) is 26.6 Å². The van der Waals surface area contributed by atoms with Gasteiger partial charge < -0.3 is 30.5 Å². The number of H-pyrrole nitrogens is 1. The van der Waals surface area contributed by atoms with Gasteiger partial charge in [-0.3, -0.25) is 0 Å². The molecule has 0 bridgehead atoms. The SMILES string of the molecule is CCN(CC)C[C@H]1CCN(S(=O)(=O)c2nc(Nc3c4c(cc5c3CCC5)CCC4)n[nH]2)C1.CCN(CC)C[C@H]1CCNC1.C[Si](C)(C)CCOCn1nc(S(=O)(=O)Cl)nc1Nc1c2c(cc3c1CCC3)CCC2. The lowest BCUT2D eigenvalue weighted by molar-refractivity contribution is 0.0792. The molecule has 404 valence electrons. The van der Waals surface area contributed by atoms with Gasteiger partial charge in [-0.05, 0) is 192 Å². The van der Waals surface area contributed by atoms with Crippen molar-refractivity contribution in [3.05, 3.63) is 56.6 Å². The summed E-state index contributed by atoms with van der Waals surface area (Å²) >= 11 is 0. The van der Waals surface area contributed by atoms with Crippen molar-refractivity contribution in [2.24, 2.45) is 11.8 Å². The van der Waals surface area contributed by atoms with E-state index in [1.54, 1.807) is 4.31 Å². The summed E-state index contributed by atoms with van der Waals surface area (Å²) in [5, 5.41) is 20.8. The molecular formula is C52H83ClN12O5S2Si. The van der Waals surface area contributed by atoms with Crippen LogP contribution in [0.25, 0.3) is 0 Å². The number of halogens is 1. The molecule has 2 saturated heterocycles. The molecule has 4 N–H and O–H groups in total. The molecule has 2 aliphatic heterocycles. The van der Waals surface area contributed by atoms with Crippen LogP contribution >= 0.6 is 10.7 Å². The maximum Gasteiger partial charge on any atom is 0.298 e. The molecule has 4 heterocycles. The summed E-state index contributed by atoms with van der Waals surface area (Å²) in [6, 6.07) is 5.76. The number of aromatic amines is 1. The zero-order valence-corrected chi connectivity index (χ0v) is 48.1. The van der Waals surface area contributed by atoms with Crippen LogP contribution in [0.2, 0.25) is 25.7 Å². The van der Waals surface area contributed by atoms with Crippen LogP contribution in [-0.4, -0.2) is 141 Å². The molecule has 6 aliphatic rings. The topological polar surface area (TPSA) is 196 Å². The van der Waals surface area contributed by atoms with E-state index < -0.39 is 32.3 Å². The maximum absolute atomic E-state index is 13.2. The Kier molecular flexibility index (Phi) is 18.8. The van der Waals surface area contributed by atoms with Crippen LogP contribution < -0.4 is 16.0 Å². The first-order valence-electron chi connectivity index (χ1n) is 27.4. The van der Waals surface area contributed by atoms with Crippen LogP contribution in [-0.2, 0) is 81.9 Å². The summed E-state index contributed by atoms with van der Waals surface area (Å²) in [6.07, 6.45) is 15.5. The Morgan fingerprint density at radius 2 is 1.27 bits per heavy atom. The van der Waals surface area contributed by atoms with Crippen molar-refractivity contribution >= 4 is 61.1 Å². The summed E-state index contributed by atoms with van der Waals surface area (Å²) in [6.45, 7) is 26.5. The number of ether oxygens (including phenoxy) is 1. The number of benzene rings is 2. The third-order valence-corrected chi connectivity index (χ3v) is 20.2. The lowest BCUT2D eigenvalue weighted by Gasteiger charge is -2.22. The van der Waals surface area contributed by atoms with Crippen LogP contribution in [0.1, 0.15) is 111 Å². The van der Waals surface area contributed by atoms with Gasteiger partial charge in [-0.1, -0.05) is 59.5 Å². The zero-order valence-electron chi connectivity index (χ0n) is 44.7. The van der Waals surface area contributed by atoms with Gasteiger partial charge in [0.2, 0.25) is 11.9 Å². The second kappa shape index (κ2) is 24.7. The number of hydrogen-bond acceptors (Lipinski definition) is 14. The van der Waals surface area contributed by atoms with E-state index in [2.05, 4.69) is 110 Å². The van der Waals surface area contributed by atoms with Crippen molar-refractivity contribution in [1.82, 2.24) is 49.4 Å². The van der Waals surface area contributed by atoms with Gasteiger partial charge in [-0.15, -0.1) is 10.2 Å². The maximum atomic E-state index is 13.2. The fraction of sp³-hybridized carbons (Fsp3) is 0.692. The third-order valence-electron chi connectivity index (χ3n) is 15.8. The molecule has 2 fully saturated rings. The van der Waals surface area contributed by atoms with E-state index in [0.717, 1.165) is 114 Å². The summed E-state index contributed by atoms with van der Waals surface area (Å²) in [5.41, 5.74) is 13.2. The third kappa shape index (κ3) is 13.9. The average Bonchev–Trinajstić information content (AvgIpc) is 4.20. The zero-order chi connectivity index (χ0) is 51.9. The minimum atomic E-state index is -4.03. The monoisotopic (exact) mass is 1080 g/mol. The largest absolute Gasteiger partial charge is 0.359 e. The molecule has 17 nitrogen and oxygen atoms in total. The summed E-state index contributed by atoms with van der Waals surface area (Å²) < 4.78 is 58.9. The predicted octanol–water partition coefficient (Wildman–Crippen LogP) is 8.05. The van der Waals surface area contributed by atoms with Crippen molar-refractivity contribution in [1.29, 1.82) is 0 Å². The van der Waals surface area contributed by atoms with E-state index in [-0.39, 0.29) is 11.9 Å². The fourth-order valence-corrected chi connectivity index (χ4v) is 14.3. The minimum absolute atomic E-state index is 0.0623. The molecular weight excluding hydrogens is 1000 g/mol. The van der Waals surface area contributed by atoms with E-state index in [1.807, 2.05) is 0 Å². The van der Waals surface area contributed by atoms with Crippen molar-refractivity contribution in [3.8, 4) is 0 Å². The molecule has 10 rings (SSSR count). The van der Waals surface area contributed by atoms with E-state index in [1.165, 1.54) is 101 Å². The number of nitrogens with one attached hydrogen (secondary N) is 4. The van der Waals surface area contributed by atoms with Crippen LogP contribution in [0.3, 0.4) is 0 Å². The van der Waals surface area contributed by atoms with E-state index in [4.69, 9.17) is 15.4 Å². The molecule has 0 unspecified atom stereocenters. The summed E-state index contributed by atoms with van der Waals surface area (Å²) in [5.74, 6) is 1.98. The predicted molar refractivity (Wildman–Crippen MR) is 295 cm³/mol. The van der Waals surface area contributed by atoms with Crippen LogP contribution in [0.4, 0.5) is 23.3 Å². The Bertz CT molecular complexity index is 2670. The normalized spacial score (nSPS) is 19.4. The minimum Gasteiger partial charge on any atom is -0.359 e. The first-order valence-corrected chi connectivity index (χ1v) is 34.9. The number of anilines is 4. The molecule has 0 saturated carbocycles. The second-order valence-electron chi connectivity index (χ2n) is 22.0. The first-order chi connectivity index (χ1) is 35.0. The Morgan fingerprint density at radius 3 is 1.77 bits per heavy atom. The number of hydrogen-bond donors (Lipinski definition) is 4. The number of fused-ring (bicyclic) bond motifs is 4. The Balaban J connectivity index is 0.000000162. The molecule has 2 aromatic heterocycles. The van der Waals surface area contributed by atoms with Crippen LogP contribution in [0.5, 0.6) is 0 Å². The average molecular weight is 1080 g/mol. The Labute approximate surface area is 441 Å². The molecule has 0 radical (unpaired) electrons. The highest BCUT2D eigenvalue weighted by Gasteiger charge is 2.36. The molecule has 0 amide bonds. The highest BCUT2D eigenvalue weighted by molar-refractivity contribution is 8.13. The lowest BCUT2D eigenvalue weighted by Crippen LogP contribution is -2.33. The van der Waals surface area contributed by atoms with Crippen molar-refractivity contribution in [2.45, 2.75) is 160 Å². The summed E-state index contributed by atoms with van der Waals surface area (Å²) in [4.78, 5) is 13.4. The quantitative estimate of drug-likeness (QED) is 0.0377. The molecule has 21 heteroatoms. The van der Waals surface area contributed by atoms with Crippen LogP contribution in [0, 0.1) is 11.8 Å². The fourth-order valence-electron chi connectivity index (χ4n) is 11.6. The molecule has 4 aliphatic carbocycles. The highest BCUT2D eigenvalue weighted by atomic mass is 35.7. The molecule has 2 aromatic carbocycles. The number of aryl methyl sites for hydroxylation is 4. The van der Waals surface area contributed by atoms with Gasteiger partial charge in [0.05, 0.1) is 0 Å². The number of rotatable bonds is 20. The lowest BCUT2D eigenvalue weighted by atomic mass is 9.99. The summed E-state index contributed by atoms with van der Waals surface area (Å²) in [7, 11) is -3.40. The van der Waals surface area contributed by atoms with Gasteiger partial charge in [0.15, 0.2) is 0 Å². The van der Waals surface area contributed by atoms with Crippen molar-refractivity contribution < 1.29 is 21.6 Å². The van der Waals surface area contributed by atoms with Gasteiger partial charge in [0.25, 0.3) is 29.4 Å². The first kappa shape index (κ1) is 55.8. The van der Waals surface area contributed by atoms with Gasteiger partial charge in [0, 0.05) is 62.9 Å². The van der Waals surface area contributed by atoms with Crippen molar-refractivity contribution in [3.63, 3.8) is 0 Å². The van der Waals surface area contributed by atoms with Gasteiger partial charge in [0.1, 0.15) is 6.73 Å². The molecule has 0 spiro atoms. The highest BCUT2D eigenvalue weighted by Crippen LogP contribution is 2.41. The van der Waals surface area contributed by atoms with Crippen molar-refractivity contribution in [2.75, 3.05) is 82.7 Å². The van der Waals surface area contributed by atoms with E-state index >= 15 is 0 Å².